The van der Waals surface area contributed by atoms with E-state index < -0.39 is 9.84 Å². The van der Waals surface area contributed by atoms with Gasteiger partial charge < -0.3 is 5.73 Å². The fourth-order valence-electron chi connectivity index (χ4n) is 3.59. The molecule has 4 atom stereocenters. The molecule has 0 aromatic carbocycles. The molecule has 4 nitrogen and oxygen atoms in total. The van der Waals surface area contributed by atoms with Crippen LogP contribution in [0.1, 0.15) is 39.0 Å². The molecule has 2 N–H and O–H groups in total. The van der Waals surface area contributed by atoms with E-state index in [4.69, 9.17) is 5.73 Å². The molecule has 2 aliphatic rings. The van der Waals surface area contributed by atoms with Crippen LogP contribution in [0.5, 0.6) is 0 Å². The summed E-state index contributed by atoms with van der Waals surface area (Å²) in [5, 5.41) is -0.149. The summed E-state index contributed by atoms with van der Waals surface area (Å²) in [7, 11) is -2.91. The van der Waals surface area contributed by atoms with Crippen molar-refractivity contribution in [2.75, 3.05) is 19.3 Å². The fourth-order valence-corrected chi connectivity index (χ4v) is 5.07. The van der Waals surface area contributed by atoms with Gasteiger partial charge in [-0.05, 0) is 45.1 Å². The van der Waals surface area contributed by atoms with E-state index in [0.717, 1.165) is 38.8 Å². The summed E-state index contributed by atoms with van der Waals surface area (Å²) in [6.07, 6.45) is 6.64. The van der Waals surface area contributed by atoms with Crippen LogP contribution in [0.15, 0.2) is 0 Å². The van der Waals surface area contributed by atoms with Gasteiger partial charge in [-0.15, -0.1) is 0 Å². The molecule has 0 spiro atoms. The van der Waals surface area contributed by atoms with Gasteiger partial charge in [-0.25, -0.2) is 8.42 Å². The first-order valence-corrected chi connectivity index (χ1v) is 9.03. The van der Waals surface area contributed by atoms with E-state index in [2.05, 4.69) is 11.8 Å². The van der Waals surface area contributed by atoms with E-state index in [-0.39, 0.29) is 17.3 Å². The van der Waals surface area contributed by atoms with Crippen LogP contribution >= 0.6 is 0 Å². The number of nitrogens with zero attached hydrogens (tertiary/aromatic N) is 1. The molecule has 0 aromatic rings. The van der Waals surface area contributed by atoms with Gasteiger partial charge in [0.15, 0.2) is 9.84 Å². The van der Waals surface area contributed by atoms with E-state index in [9.17, 15) is 8.42 Å². The second-order valence-electron chi connectivity index (χ2n) is 6.12. The lowest BCUT2D eigenvalue weighted by Gasteiger charge is -2.40. The zero-order chi connectivity index (χ0) is 13.3. The molecule has 1 heterocycles. The van der Waals surface area contributed by atoms with Crippen molar-refractivity contribution in [3.05, 3.63) is 0 Å². The summed E-state index contributed by atoms with van der Waals surface area (Å²) in [6.45, 7) is 4.09. The summed E-state index contributed by atoms with van der Waals surface area (Å²) in [4.78, 5) is 2.40. The largest absolute Gasteiger partial charge is 0.328 e. The third-order valence-corrected chi connectivity index (χ3v) is 6.32. The van der Waals surface area contributed by atoms with Crippen molar-refractivity contribution in [3.63, 3.8) is 0 Å². The monoisotopic (exact) mass is 274 g/mol. The summed E-state index contributed by atoms with van der Waals surface area (Å²) in [6, 6.07) is 0.451. The highest BCUT2D eigenvalue weighted by atomic mass is 32.2. The average Bonchev–Trinajstić information content (AvgIpc) is 2.77. The second-order valence-corrected chi connectivity index (χ2v) is 8.39. The maximum absolute atomic E-state index is 11.9. The molecule has 1 aliphatic carbocycles. The van der Waals surface area contributed by atoms with Crippen LogP contribution in [0.2, 0.25) is 0 Å². The number of rotatable bonds is 3. The fraction of sp³-hybridized carbons (Fsp3) is 1.00. The highest BCUT2D eigenvalue weighted by molar-refractivity contribution is 7.91. The van der Waals surface area contributed by atoms with Gasteiger partial charge in [-0.3, -0.25) is 4.90 Å². The minimum Gasteiger partial charge on any atom is -0.328 e. The summed E-state index contributed by atoms with van der Waals surface area (Å²) in [5.74, 6) is 0.527. The lowest BCUT2D eigenvalue weighted by atomic mass is 9.91. The third kappa shape index (κ3) is 3.06. The zero-order valence-corrected chi connectivity index (χ0v) is 12.3. The van der Waals surface area contributed by atoms with E-state index >= 15 is 0 Å². The minimum absolute atomic E-state index is 0.149. The Kier molecular flexibility index (Phi) is 4.34. The van der Waals surface area contributed by atoms with Crippen LogP contribution in [0.3, 0.4) is 0 Å². The molecule has 4 unspecified atom stereocenters. The SMILES string of the molecule is CC(N)C1CCCN(C2CCCC2S(C)(=O)=O)C1. The van der Waals surface area contributed by atoms with E-state index in [1.807, 2.05) is 0 Å². The Hall–Kier alpha value is -0.130. The van der Waals surface area contributed by atoms with Gasteiger partial charge in [-0.2, -0.15) is 0 Å². The van der Waals surface area contributed by atoms with Crippen molar-refractivity contribution < 1.29 is 8.42 Å². The average molecular weight is 274 g/mol. The number of sulfone groups is 1. The maximum Gasteiger partial charge on any atom is 0.151 e. The summed E-state index contributed by atoms with van der Waals surface area (Å²) in [5.41, 5.74) is 6.00. The molecular formula is C13H26N2O2S. The van der Waals surface area contributed by atoms with Gasteiger partial charge in [0, 0.05) is 24.9 Å². The number of nitrogens with two attached hydrogens (primary N) is 1. The normalized spacial score (nSPS) is 36.7. The molecule has 106 valence electrons. The maximum atomic E-state index is 11.9. The number of hydrogen-bond donors (Lipinski definition) is 1. The van der Waals surface area contributed by atoms with Crippen molar-refractivity contribution >= 4 is 9.84 Å². The van der Waals surface area contributed by atoms with Gasteiger partial charge in [0.1, 0.15) is 0 Å². The van der Waals surface area contributed by atoms with E-state index in [0.29, 0.717) is 5.92 Å². The van der Waals surface area contributed by atoms with Crippen LogP contribution in [0, 0.1) is 5.92 Å². The molecule has 1 saturated carbocycles. The van der Waals surface area contributed by atoms with Gasteiger partial charge >= 0.3 is 0 Å². The lowest BCUT2D eigenvalue weighted by molar-refractivity contribution is 0.117. The highest BCUT2D eigenvalue weighted by Crippen LogP contribution is 2.32. The van der Waals surface area contributed by atoms with Crippen LogP contribution in [0.25, 0.3) is 0 Å². The molecule has 0 amide bonds. The quantitative estimate of drug-likeness (QED) is 0.834. The first kappa shape index (κ1) is 14.3. The molecule has 1 saturated heterocycles. The van der Waals surface area contributed by atoms with Crippen LogP contribution < -0.4 is 5.73 Å². The molecule has 0 aromatic heterocycles. The van der Waals surface area contributed by atoms with Crippen molar-refractivity contribution in [2.24, 2.45) is 11.7 Å². The second kappa shape index (κ2) is 5.47. The van der Waals surface area contributed by atoms with Gasteiger partial charge in [0.2, 0.25) is 0 Å². The Labute approximate surface area is 111 Å². The third-order valence-electron chi connectivity index (χ3n) is 4.67. The minimum atomic E-state index is -2.91. The Balaban J connectivity index is 2.06. The smallest absolute Gasteiger partial charge is 0.151 e. The predicted molar refractivity (Wildman–Crippen MR) is 74.2 cm³/mol. The van der Waals surface area contributed by atoms with E-state index in [1.165, 1.54) is 12.7 Å². The van der Waals surface area contributed by atoms with E-state index in [1.54, 1.807) is 0 Å². The van der Waals surface area contributed by atoms with Gasteiger partial charge in [0.05, 0.1) is 5.25 Å². The molecular weight excluding hydrogens is 248 g/mol. The Morgan fingerprint density at radius 2 is 1.94 bits per heavy atom. The Morgan fingerprint density at radius 1 is 1.22 bits per heavy atom. The number of piperidine rings is 1. The predicted octanol–water partition coefficient (Wildman–Crippen LogP) is 1.01. The van der Waals surface area contributed by atoms with Crippen molar-refractivity contribution in [1.82, 2.24) is 4.90 Å². The molecule has 5 heteroatoms. The van der Waals surface area contributed by atoms with Crippen LogP contribution in [0.4, 0.5) is 0 Å². The first-order chi connectivity index (χ1) is 8.39. The summed E-state index contributed by atoms with van der Waals surface area (Å²) >= 11 is 0. The molecule has 1 aliphatic heterocycles. The van der Waals surface area contributed by atoms with Crippen molar-refractivity contribution in [3.8, 4) is 0 Å². The Bertz CT molecular complexity index is 380. The number of hydrogen-bond acceptors (Lipinski definition) is 4. The van der Waals surface area contributed by atoms with Gasteiger partial charge in [0.25, 0.3) is 0 Å². The van der Waals surface area contributed by atoms with Gasteiger partial charge in [-0.1, -0.05) is 6.42 Å². The number of likely N-dealkylation sites (tertiary alicyclic amines) is 1. The zero-order valence-electron chi connectivity index (χ0n) is 11.5. The first-order valence-electron chi connectivity index (χ1n) is 7.08. The standard InChI is InChI=1S/C13H26N2O2S/c1-10(14)11-5-4-8-15(9-11)12-6-3-7-13(12)18(2,16)17/h10-13H,3-9,14H2,1-2H3. The molecule has 0 radical (unpaired) electrons. The summed E-state index contributed by atoms with van der Waals surface area (Å²) < 4.78 is 23.7. The highest BCUT2D eigenvalue weighted by Gasteiger charge is 2.40. The molecule has 2 fully saturated rings. The lowest BCUT2D eigenvalue weighted by Crippen LogP contribution is -2.50. The van der Waals surface area contributed by atoms with Crippen LogP contribution in [-0.2, 0) is 9.84 Å². The Morgan fingerprint density at radius 3 is 2.56 bits per heavy atom. The molecule has 2 rings (SSSR count). The van der Waals surface area contributed by atoms with Crippen LogP contribution in [-0.4, -0.2) is 50.0 Å². The molecule has 18 heavy (non-hydrogen) atoms. The molecule has 0 bridgehead atoms. The van der Waals surface area contributed by atoms with Crippen molar-refractivity contribution in [2.45, 2.75) is 56.4 Å². The van der Waals surface area contributed by atoms with Crippen molar-refractivity contribution in [1.29, 1.82) is 0 Å². The topological polar surface area (TPSA) is 63.4 Å².